The summed E-state index contributed by atoms with van der Waals surface area (Å²) >= 11 is 6.01. The standard InChI is InChI=1S/C15H21ClN2O4S2/c1-10-7-11(9-18(10)12-3-4-12)17-24(21,22)15-8-13(23(2,19)20)5-6-14(15)16/h5-6,8,10-12,17H,3-4,7,9H2,1-2H3/t10-,11+/m0/s1. The van der Waals surface area contributed by atoms with Crippen molar-refractivity contribution in [3.63, 3.8) is 0 Å². The van der Waals surface area contributed by atoms with Crippen molar-refractivity contribution in [2.75, 3.05) is 12.8 Å². The van der Waals surface area contributed by atoms with E-state index in [9.17, 15) is 16.8 Å². The summed E-state index contributed by atoms with van der Waals surface area (Å²) in [6.07, 6.45) is 4.11. The number of sulfonamides is 1. The molecule has 1 aromatic carbocycles. The van der Waals surface area contributed by atoms with E-state index in [0.717, 1.165) is 18.7 Å². The van der Waals surface area contributed by atoms with Crippen LogP contribution in [-0.2, 0) is 19.9 Å². The Morgan fingerprint density at radius 2 is 1.88 bits per heavy atom. The second-order valence-electron chi connectivity index (χ2n) is 6.70. The van der Waals surface area contributed by atoms with Crippen molar-refractivity contribution in [3.05, 3.63) is 23.2 Å². The Balaban J connectivity index is 1.83. The zero-order valence-corrected chi connectivity index (χ0v) is 16.0. The van der Waals surface area contributed by atoms with Crippen molar-refractivity contribution < 1.29 is 16.8 Å². The molecule has 1 N–H and O–H groups in total. The Labute approximate surface area is 148 Å². The Morgan fingerprint density at radius 3 is 2.46 bits per heavy atom. The molecule has 24 heavy (non-hydrogen) atoms. The van der Waals surface area contributed by atoms with Crippen LogP contribution in [0.4, 0.5) is 0 Å². The van der Waals surface area contributed by atoms with Gasteiger partial charge in [0.05, 0.1) is 9.92 Å². The molecule has 0 aromatic heterocycles. The summed E-state index contributed by atoms with van der Waals surface area (Å²) in [7, 11) is -7.39. The predicted octanol–water partition coefficient (Wildman–Crippen LogP) is 1.65. The molecule has 0 amide bonds. The van der Waals surface area contributed by atoms with Crippen molar-refractivity contribution in [1.82, 2.24) is 9.62 Å². The average molecular weight is 393 g/mol. The fourth-order valence-corrected chi connectivity index (χ4v) is 5.75. The summed E-state index contributed by atoms with van der Waals surface area (Å²) in [5.74, 6) is 0. The molecular formula is C15H21ClN2O4S2. The number of halogens is 1. The van der Waals surface area contributed by atoms with Gasteiger partial charge in [0.15, 0.2) is 9.84 Å². The van der Waals surface area contributed by atoms with Crippen LogP contribution in [0, 0.1) is 0 Å². The van der Waals surface area contributed by atoms with Crippen LogP contribution in [0.1, 0.15) is 26.2 Å². The molecule has 1 aromatic rings. The SMILES string of the molecule is C[C@H]1C[C@@H](NS(=O)(=O)c2cc(S(C)(=O)=O)ccc2Cl)CN1C1CC1. The van der Waals surface area contributed by atoms with Crippen LogP contribution in [-0.4, -0.2) is 52.7 Å². The number of hydrogen-bond acceptors (Lipinski definition) is 5. The maximum atomic E-state index is 12.7. The van der Waals surface area contributed by atoms with Crippen LogP contribution in [0.3, 0.4) is 0 Å². The molecule has 6 nitrogen and oxygen atoms in total. The number of nitrogens with zero attached hydrogens (tertiary/aromatic N) is 1. The minimum Gasteiger partial charge on any atom is -0.296 e. The van der Waals surface area contributed by atoms with Crippen LogP contribution >= 0.6 is 11.6 Å². The Bertz CT molecular complexity index is 850. The van der Waals surface area contributed by atoms with Crippen molar-refractivity contribution in [2.45, 2.75) is 54.1 Å². The van der Waals surface area contributed by atoms with Gasteiger partial charge in [-0.15, -0.1) is 0 Å². The molecule has 2 fully saturated rings. The van der Waals surface area contributed by atoms with Gasteiger partial charge in [-0.3, -0.25) is 4.90 Å². The highest BCUT2D eigenvalue weighted by atomic mass is 35.5. The Morgan fingerprint density at radius 1 is 1.21 bits per heavy atom. The van der Waals surface area contributed by atoms with Gasteiger partial charge < -0.3 is 0 Å². The van der Waals surface area contributed by atoms with Crippen LogP contribution in [0.5, 0.6) is 0 Å². The lowest BCUT2D eigenvalue weighted by molar-refractivity contribution is 0.256. The number of hydrogen-bond donors (Lipinski definition) is 1. The molecule has 0 radical (unpaired) electrons. The number of nitrogens with one attached hydrogen (secondary N) is 1. The van der Waals surface area contributed by atoms with Gasteiger partial charge in [-0.1, -0.05) is 11.6 Å². The van der Waals surface area contributed by atoms with E-state index < -0.39 is 19.9 Å². The number of benzene rings is 1. The molecule has 0 bridgehead atoms. The van der Waals surface area contributed by atoms with Crippen LogP contribution in [0.15, 0.2) is 28.0 Å². The number of likely N-dealkylation sites (tertiary alicyclic amines) is 1. The third-order valence-corrected chi connectivity index (χ3v) is 7.69. The van der Waals surface area contributed by atoms with Crippen LogP contribution < -0.4 is 4.72 Å². The molecule has 9 heteroatoms. The Hall–Kier alpha value is -0.670. The average Bonchev–Trinajstić information content (AvgIpc) is 3.22. The Kier molecular flexibility index (Phi) is 4.72. The maximum Gasteiger partial charge on any atom is 0.242 e. The van der Waals surface area contributed by atoms with Crippen molar-refractivity contribution in [3.8, 4) is 0 Å². The topological polar surface area (TPSA) is 83.5 Å². The summed E-state index contributed by atoms with van der Waals surface area (Å²) < 4.78 is 51.4. The molecule has 1 heterocycles. The van der Waals surface area contributed by atoms with E-state index in [1.54, 1.807) is 0 Å². The van der Waals surface area contributed by atoms with E-state index in [1.807, 2.05) is 0 Å². The summed E-state index contributed by atoms with van der Waals surface area (Å²) in [6.45, 7) is 2.78. The van der Waals surface area contributed by atoms with Gasteiger partial charge in [0.1, 0.15) is 4.90 Å². The van der Waals surface area contributed by atoms with Gasteiger partial charge in [-0.25, -0.2) is 21.6 Å². The van der Waals surface area contributed by atoms with E-state index in [2.05, 4.69) is 16.5 Å². The summed E-state index contributed by atoms with van der Waals surface area (Å²) in [5, 5.41) is 0.0139. The van der Waals surface area contributed by atoms with E-state index in [4.69, 9.17) is 11.6 Å². The summed E-state index contributed by atoms with van der Waals surface area (Å²) in [4.78, 5) is 2.08. The molecule has 3 rings (SSSR count). The highest BCUT2D eigenvalue weighted by Crippen LogP contribution is 2.34. The first kappa shape index (κ1) is 18.1. The normalized spacial score (nSPS) is 26.0. The fourth-order valence-electron chi connectivity index (χ4n) is 3.26. The van der Waals surface area contributed by atoms with E-state index in [1.165, 1.54) is 25.0 Å². The van der Waals surface area contributed by atoms with Crippen molar-refractivity contribution >= 4 is 31.5 Å². The molecular weight excluding hydrogens is 372 g/mol. The monoisotopic (exact) mass is 392 g/mol. The van der Waals surface area contributed by atoms with Gasteiger partial charge in [0.25, 0.3) is 0 Å². The minimum atomic E-state index is -3.88. The molecule has 2 aliphatic rings. The molecule has 0 unspecified atom stereocenters. The third-order valence-electron chi connectivity index (χ3n) is 4.58. The molecule has 1 saturated heterocycles. The first-order valence-electron chi connectivity index (χ1n) is 7.85. The fraction of sp³-hybridized carbons (Fsp3) is 0.600. The van der Waals surface area contributed by atoms with Gasteiger partial charge in [-0.2, -0.15) is 0 Å². The predicted molar refractivity (Wildman–Crippen MR) is 92.5 cm³/mol. The lowest BCUT2D eigenvalue weighted by atomic mass is 10.2. The summed E-state index contributed by atoms with van der Waals surface area (Å²) in [6, 6.07) is 4.46. The first-order chi connectivity index (χ1) is 11.1. The van der Waals surface area contributed by atoms with Gasteiger partial charge in [0.2, 0.25) is 10.0 Å². The second kappa shape index (κ2) is 6.25. The summed E-state index contributed by atoms with van der Waals surface area (Å²) in [5.41, 5.74) is 0. The molecule has 134 valence electrons. The zero-order valence-electron chi connectivity index (χ0n) is 13.6. The molecule has 1 aliphatic carbocycles. The third kappa shape index (κ3) is 3.77. The minimum absolute atomic E-state index is 0.0139. The smallest absolute Gasteiger partial charge is 0.242 e. The lowest BCUT2D eigenvalue weighted by Crippen LogP contribution is -2.37. The van der Waals surface area contributed by atoms with Crippen molar-refractivity contribution in [2.24, 2.45) is 0 Å². The lowest BCUT2D eigenvalue weighted by Gasteiger charge is -2.19. The van der Waals surface area contributed by atoms with Gasteiger partial charge in [-0.05, 0) is 44.4 Å². The largest absolute Gasteiger partial charge is 0.296 e. The molecule has 2 atom stereocenters. The maximum absolute atomic E-state index is 12.7. The number of sulfone groups is 1. The van der Waals surface area contributed by atoms with E-state index in [-0.39, 0.29) is 20.9 Å². The highest BCUT2D eigenvalue weighted by molar-refractivity contribution is 7.91. The van der Waals surface area contributed by atoms with Crippen molar-refractivity contribution in [1.29, 1.82) is 0 Å². The van der Waals surface area contributed by atoms with Crippen LogP contribution in [0.25, 0.3) is 0 Å². The highest BCUT2D eigenvalue weighted by Gasteiger charge is 2.40. The first-order valence-corrected chi connectivity index (χ1v) is 11.6. The zero-order chi connectivity index (χ0) is 17.7. The quantitative estimate of drug-likeness (QED) is 0.823. The molecule has 0 spiro atoms. The molecule has 1 saturated carbocycles. The van der Waals surface area contributed by atoms with E-state index >= 15 is 0 Å². The van der Waals surface area contributed by atoms with Gasteiger partial charge in [0, 0.05) is 30.9 Å². The van der Waals surface area contributed by atoms with Crippen LogP contribution in [0.2, 0.25) is 5.02 Å². The number of rotatable bonds is 5. The van der Waals surface area contributed by atoms with Gasteiger partial charge >= 0.3 is 0 Å². The second-order valence-corrected chi connectivity index (χ2v) is 10.8. The van der Waals surface area contributed by atoms with E-state index in [0.29, 0.717) is 18.6 Å². The molecule has 1 aliphatic heterocycles.